The number of aryl methyl sites for hydroxylation is 1. The molecular formula is C19H19ClN4O3S2. The molecule has 152 valence electrons. The van der Waals surface area contributed by atoms with E-state index in [4.69, 9.17) is 11.6 Å². The third-order valence-corrected chi connectivity index (χ3v) is 8.51. The van der Waals surface area contributed by atoms with E-state index in [0.717, 1.165) is 4.88 Å². The van der Waals surface area contributed by atoms with Crippen LogP contribution in [0.15, 0.2) is 57.7 Å². The highest BCUT2D eigenvalue weighted by Crippen LogP contribution is 2.27. The van der Waals surface area contributed by atoms with Crippen LogP contribution in [-0.4, -0.2) is 48.7 Å². The molecule has 1 fully saturated rings. The van der Waals surface area contributed by atoms with E-state index in [2.05, 4.69) is 5.10 Å². The van der Waals surface area contributed by atoms with E-state index in [1.54, 1.807) is 30.5 Å². The Bertz CT molecular complexity index is 1180. The minimum absolute atomic E-state index is 0.0778. The summed E-state index contributed by atoms with van der Waals surface area (Å²) < 4.78 is 28.7. The summed E-state index contributed by atoms with van der Waals surface area (Å²) in [5.41, 5.74) is 0.750. The Balaban J connectivity index is 1.53. The Morgan fingerprint density at radius 2 is 1.72 bits per heavy atom. The fraction of sp³-hybridized carbons (Fsp3) is 0.263. The molecule has 3 aromatic rings. The number of halogens is 1. The van der Waals surface area contributed by atoms with Crippen LogP contribution in [0.4, 0.5) is 5.69 Å². The predicted octanol–water partition coefficient (Wildman–Crippen LogP) is 2.77. The molecule has 0 amide bonds. The highest BCUT2D eigenvalue weighted by Gasteiger charge is 2.30. The van der Waals surface area contributed by atoms with E-state index in [9.17, 15) is 13.2 Å². The molecule has 4 rings (SSSR count). The lowest BCUT2D eigenvalue weighted by atomic mass is 10.3. The second-order valence-corrected chi connectivity index (χ2v) is 10.5. The van der Waals surface area contributed by atoms with Crippen LogP contribution in [0.25, 0.3) is 5.69 Å². The van der Waals surface area contributed by atoms with Crippen molar-refractivity contribution in [1.29, 1.82) is 0 Å². The van der Waals surface area contributed by atoms with E-state index in [-0.39, 0.29) is 5.02 Å². The summed E-state index contributed by atoms with van der Waals surface area (Å²) >= 11 is 7.63. The maximum atomic E-state index is 12.8. The molecule has 29 heavy (non-hydrogen) atoms. The minimum Gasteiger partial charge on any atom is -0.366 e. The van der Waals surface area contributed by atoms with Gasteiger partial charge in [-0.25, -0.2) is 8.42 Å². The lowest BCUT2D eigenvalue weighted by Crippen LogP contribution is -2.49. The zero-order valence-corrected chi connectivity index (χ0v) is 18.0. The first kappa shape index (κ1) is 20.1. The molecule has 10 heteroatoms. The van der Waals surface area contributed by atoms with Crippen molar-refractivity contribution >= 4 is 38.6 Å². The number of aromatic nitrogens is 2. The largest absolute Gasteiger partial charge is 0.366 e. The molecule has 2 aromatic heterocycles. The second kappa shape index (κ2) is 7.91. The van der Waals surface area contributed by atoms with Gasteiger partial charge in [0.1, 0.15) is 9.23 Å². The number of piperazine rings is 1. The Kier molecular flexibility index (Phi) is 5.48. The van der Waals surface area contributed by atoms with Gasteiger partial charge in [-0.2, -0.15) is 14.1 Å². The number of rotatable bonds is 4. The Morgan fingerprint density at radius 1 is 1.03 bits per heavy atom. The molecule has 3 heterocycles. The van der Waals surface area contributed by atoms with Crippen molar-refractivity contribution in [2.75, 3.05) is 31.1 Å². The summed E-state index contributed by atoms with van der Waals surface area (Å²) in [4.78, 5) is 15.5. The monoisotopic (exact) mass is 450 g/mol. The molecule has 1 saturated heterocycles. The summed E-state index contributed by atoms with van der Waals surface area (Å²) in [5.74, 6) is 0. The van der Waals surface area contributed by atoms with Gasteiger partial charge >= 0.3 is 0 Å². The van der Waals surface area contributed by atoms with Crippen molar-refractivity contribution in [3.8, 4) is 5.69 Å². The summed E-state index contributed by atoms with van der Waals surface area (Å²) in [5, 5.41) is 4.33. The summed E-state index contributed by atoms with van der Waals surface area (Å²) in [6, 6.07) is 12.5. The molecule has 1 aromatic carbocycles. The van der Waals surface area contributed by atoms with E-state index in [0.29, 0.717) is 41.8 Å². The smallest absolute Gasteiger partial charge is 0.292 e. The summed E-state index contributed by atoms with van der Waals surface area (Å²) in [7, 11) is -3.50. The molecule has 1 aliphatic heterocycles. The van der Waals surface area contributed by atoms with Gasteiger partial charge in [0.05, 0.1) is 17.6 Å². The Hall–Kier alpha value is -2.20. The fourth-order valence-electron chi connectivity index (χ4n) is 3.25. The van der Waals surface area contributed by atoms with Crippen LogP contribution in [0.3, 0.4) is 0 Å². The van der Waals surface area contributed by atoms with Crippen LogP contribution in [0.1, 0.15) is 4.88 Å². The predicted molar refractivity (Wildman–Crippen MR) is 115 cm³/mol. The lowest BCUT2D eigenvalue weighted by Gasteiger charge is -2.35. The fourth-order valence-corrected chi connectivity index (χ4v) is 6.35. The van der Waals surface area contributed by atoms with Crippen LogP contribution < -0.4 is 10.5 Å². The highest BCUT2D eigenvalue weighted by molar-refractivity contribution is 7.91. The molecule has 0 bridgehead atoms. The third-order valence-electron chi connectivity index (χ3n) is 4.79. The summed E-state index contributed by atoms with van der Waals surface area (Å²) in [6.07, 6.45) is 1.56. The third kappa shape index (κ3) is 3.83. The van der Waals surface area contributed by atoms with Gasteiger partial charge in [-0.1, -0.05) is 29.8 Å². The van der Waals surface area contributed by atoms with Crippen molar-refractivity contribution in [1.82, 2.24) is 14.1 Å². The Morgan fingerprint density at radius 3 is 2.34 bits per heavy atom. The molecule has 0 N–H and O–H groups in total. The first-order valence-electron chi connectivity index (χ1n) is 9.03. The first-order chi connectivity index (χ1) is 13.9. The molecule has 0 saturated carbocycles. The molecule has 0 spiro atoms. The SMILES string of the molecule is Cc1ccc(S(=O)(=O)N2CCN(c3cnn(-c4ccccc4)c(=O)c3Cl)CC2)s1. The van der Waals surface area contributed by atoms with Gasteiger partial charge in [0.15, 0.2) is 0 Å². The number of hydrogen-bond acceptors (Lipinski definition) is 6. The van der Waals surface area contributed by atoms with Gasteiger partial charge in [-0.3, -0.25) is 4.79 Å². The minimum atomic E-state index is -3.50. The number of anilines is 1. The van der Waals surface area contributed by atoms with E-state index >= 15 is 0 Å². The quantitative estimate of drug-likeness (QED) is 0.611. The summed E-state index contributed by atoms with van der Waals surface area (Å²) in [6.45, 7) is 3.38. The number of benzene rings is 1. The average molecular weight is 451 g/mol. The Labute approximate surface area is 177 Å². The van der Waals surface area contributed by atoms with Crippen molar-refractivity contribution in [3.05, 3.63) is 68.9 Å². The molecule has 0 aliphatic carbocycles. The molecule has 0 radical (unpaired) electrons. The van der Waals surface area contributed by atoms with Gasteiger partial charge in [0, 0.05) is 31.1 Å². The molecule has 7 nitrogen and oxygen atoms in total. The van der Waals surface area contributed by atoms with Gasteiger partial charge in [-0.15, -0.1) is 11.3 Å². The molecule has 1 aliphatic rings. The van der Waals surface area contributed by atoms with Crippen molar-refractivity contribution in [2.24, 2.45) is 0 Å². The second-order valence-electron chi connectivity index (χ2n) is 6.65. The van der Waals surface area contributed by atoms with Crippen LogP contribution in [0.2, 0.25) is 5.02 Å². The highest BCUT2D eigenvalue weighted by atomic mass is 35.5. The van der Waals surface area contributed by atoms with Gasteiger partial charge in [0.2, 0.25) is 0 Å². The van der Waals surface area contributed by atoms with Crippen LogP contribution in [0.5, 0.6) is 0 Å². The van der Waals surface area contributed by atoms with Crippen molar-refractivity contribution in [3.63, 3.8) is 0 Å². The van der Waals surface area contributed by atoms with Crippen molar-refractivity contribution < 1.29 is 8.42 Å². The number of nitrogens with zero attached hydrogens (tertiary/aromatic N) is 4. The maximum Gasteiger partial charge on any atom is 0.292 e. The number of para-hydroxylation sites is 1. The normalized spacial score (nSPS) is 15.6. The zero-order valence-electron chi connectivity index (χ0n) is 15.7. The van der Waals surface area contributed by atoms with Crippen LogP contribution in [-0.2, 0) is 10.0 Å². The number of sulfonamides is 1. The van der Waals surface area contributed by atoms with Crippen LogP contribution in [0, 0.1) is 6.92 Å². The molecule has 0 unspecified atom stereocenters. The van der Waals surface area contributed by atoms with E-state index in [1.807, 2.05) is 30.0 Å². The first-order valence-corrected chi connectivity index (χ1v) is 11.7. The lowest BCUT2D eigenvalue weighted by molar-refractivity contribution is 0.385. The molecular weight excluding hydrogens is 432 g/mol. The maximum absolute atomic E-state index is 12.8. The average Bonchev–Trinajstić information content (AvgIpc) is 3.18. The van der Waals surface area contributed by atoms with Gasteiger partial charge in [-0.05, 0) is 31.2 Å². The molecule has 0 atom stereocenters. The van der Waals surface area contributed by atoms with E-state index < -0.39 is 15.6 Å². The standard InChI is InChI=1S/C19H19ClN4O3S2/c1-14-7-8-17(28-14)29(26,27)23-11-9-22(10-12-23)16-13-21-24(19(25)18(16)20)15-5-3-2-4-6-15/h2-8,13H,9-12H2,1H3. The van der Waals surface area contributed by atoms with Gasteiger partial charge in [0.25, 0.3) is 15.6 Å². The topological polar surface area (TPSA) is 75.5 Å². The van der Waals surface area contributed by atoms with Crippen molar-refractivity contribution in [2.45, 2.75) is 11.1 Å². The number of hydrogen-bond donors (Lipinski definition) is 0. The van der Waals surface area contributed by atoms with Gasteiger partial charge < -0.3 is 4.90 Å². The van der Waals surface area contributed by atoms with Crippen LogP contribution >= 0.6 is 22.9 Å². The zero-order chi connectivity index (χ0) is 20.6. The van der Waals surface area contributed by atoms with E-state index in [1.165, 1.54) is 20.3 Å². The number of thiophene rings is 1.